The number of alkyl halides is 7. The number of anilines is 9. The Morgan fingerprint density at radius 1 is 0.492 bits per heavy atom. The number of alkyl carbamates (subject to hydrolysis) is 2. The summed E-state index contributed by atoms with van der Waals surface area (Å²) < 4.78 is 41.9. The molecule has 3 aromatic carbocycles. The number of carbonyl (C=O) groups excluding carboxylic acids is 6. The van der Waals surface area contributed by atoms with Crippen LogP contribution in [-0.4, -0.2) is 146 Å². The molecule has 35 nitrogen and oxygen atoms in total. The van der Waals surface area contributed by atoms with Crippen molar-refractivity contribution in [3.8, 4) is 0 Å². The number of nitrogen functional groups attached to an aromatic ring is 1. The second-order valence-corrected chi connectivity index (χ2v) is 30.7. The van der Waals surface area contributed by atoms with Gasteiger partial charge in [0.05, 0.1) is 25.4 Å². The highest BCUT2D eigenvalue weighted by Gasteiger charge is 2.30. The summed E-state index contributed by atoms with van der Waals surface area (Å²) in [6.45, 7) is 18.2. The van der Waals surface area contributed by atoms with Crippen LogP contribution in [0.2, 0.25) is 0 Å². The quantitative estimate of drug-likeness (QED) is 0.00632. The molecule has 3 aliphatic rings. The van der Waals surface area contributed by atoms with E-state index in [0.717, 1.165) is 93.7 Å². The number of amides is 4. The van der Waals surface area contributed by atoms with Gasteiger partial charge in [0.25, 0.3) is 0 Å². The number of nitrogens with two attached hydrogens (primary N) is 2. The van der Waals surface area contributed by atoms with E-state index in [1.165, 1.54) is 39.4 Å². The molecule has 0 bridgehead atoms. The molecule has 652 valence electrons. The smallest absolute Gasteiger partial charge is 0.444 e. The number of hydrogen-bond acceptors (Lipinski definition) is 28. The molecule has 0 unspecified atom stereocenters. The first-order valence-corrected chi connectivity index (χ1v) is 39.3. The number of aromatic nitrogens is 6. The van der Waals surface area contributed by atoms with Gasteiger partial charge in [0.15, 0.2) is 0 Å². The van der Waals surface area contributed by atoms with Gasteiger partial charge >= 0.3 is 35.4 Å². The van der Waals surface area contributed by atoms with E-state index >= 15 is 0 Å². The lowest BCUT2D eigenvalue weighted by Gasteiger charge is -2.30. The van der Waals surface area contributed by atoms with Gasteiger partial charge in [-0.15, -0.1) is 46.4 Å². The van der Waals surface area contributed by atoms with Crippen LogP contribution in [0.25, 0.3) is 0 Å². The summed E-state index contributed by atoms with van der Waals surface area (Å²) in [6.07, 6.45) is 7.85. The summed E-state index contributed by atoms with van der Waals surface area (Å²) in [4.78, 5) is 122. The SMILES string of the molecule is C.CC(=O)Cl.CC(=O)Nc1ccc(CNc2ncc([N+](=O)[O-])c(NCC3CCC(N)CC3)n2)cc1.CC(=O)Nc1ccc(CNc2ncc([N+](=O)[O-])c(NCC3CCC(NC(=O)OC(C)(C)C)CC3)n2)cc1.CC(C)(C)OC(=O)NC1CCC(CNc2nc(NCc3ccc(N)cc3)ncc2[N+](=O)[O-])CC1.ClCCl.ClCCl.O=CC(F)(F)F. The number of nitrogens with zero attached hydrogens (tertiary/aromatic N) is 9. The normalized spacial score (nSPS) is 16.5. The van der Waals surface area contributed by atoms with Crippen molar-refractivity contribution < 1.29 is 66.2 Å². The van der Waals surface area contributed by atoms with Gasteiger partial charge in [0.2, 0.25) is 58.6 Å². The molecule has 0 radical (unpaired) electrons. The van der Waals surface area contributed by atoms with Gasteiger partial charge in [-0.3, -0.25) is 49.5 Å². The van der Waals surface area contributed by atoms with Gasteiger partial charge in [-0.25, -0.2) is 24.5 Å². The van der Waals surface area contributed by atoms with E-state index < -0.39 is 50.6 Å². The third-order valence-corrected chi connectivity index (χ3v) is 16.6. The zero-order valence-electron chi connectivity index (χ0n) is 66.3. The van der Waals surface area contributed by atoms with Gasteiger partial charge in [0.1, 0.15) is 29.8 Å². The van der Waals surface area contributed by atoms with E-state index in [-0.39, 0.29) is 93.8 Å². The van der Waals surface area contributed by atoms with Crippen molar-refractivity contribution in [2.45, 2.75) is 202 Å². The van der Waals surface area contributed by atoms with E-state index in [2.05, 4.69) is 94.7 Å². The lowest BCUT2D eigenvalue weighted by molar-refractivity contribution is -0.384. The van der Waals surface area contributed by atoms with Crippen LogP contribution in [0.1, 0.15) is 163 Å². The van der Waals surface area contributed by atoms with Crippen LogP contribution in [0.5, 0.6) is 0 Å². The minimum atomic E-state index is -4.64. The number of aldehydes is 1. The van der Waals surface area contributed by atoms with Crippen LogP contribution >= 0.6 is 58.0 Å². The van der Waals surface area contributed by atoms with Crippen molar-refractivity contribution >= 4 is 163 Å². The third kappa shape index (κ3) is 45.4. The van der Waals surface area contributed by atoms with Crippen LogP contribution in [0, 0.1) is 48.1 Å². The molecule has 4 amide bonds. The molecule has 43 heteroatoms. The van der Waals surface area contributed by atoms with Gasteiger partial charge in [-0.1, -0.05) is 43.8 Å². The molecule has 0 saturated heterocycles. The number of ether oxygens (including phenoxy) is 2. The summed E-state index contributed by atoms with van der Waals surface area (Å²) in [5, 5.41) is 64.2. The molecule has 3 fully saturated rings. The van der Waals surface area contributed by atoms with Gasteiger partial charge in [-0.05, 0) is 201 Å². The van der Waals surface area contributed by atoms with Crippen LogP contribution in [0.4, 0.5) is 92.2 Å². The second kappa shape index (κ2) is 53.9. The Morgan fingerprint density at radius 3 is 0.983 bits per heavy atom. The Balaban J connectivity index is 0.000000547. The van der Waals surface area contributed by atoms with Crippen molar-refractivity contribution in [3.63, 3.8) is 0 Å². The van der Waals surface area contributed by atoms with E-state index in [9.17, 15) is 67.5 Å². The van der Waals surface area contributed by atoms with E-state index in [0.29, 0.717) is 86.0 Å². The Labute approximate surface area is 708 Å². The average Bonchev–Trinajstić information content (AvgIpc) is 0.847. The Morgan fingerprint density at radius 2 is 0.746 bits per heavy atom. The maximum Gasteiger partial charge on any atom is 0.446 e. The molecule has 9 rings (SSSR count). The zero-order chi connectivity index (χ0) is 87.4. The maximum absolute atomic E-state index is 12.0. The van der Waals surface area contributed by atoms with Crippen molar-refractivity contribution in [1.82, 2.24) is 40.5 Å². The molecule has 0 aliphatic heterocycles. The molecular weight excluding hydrogens is 1650 g/mol. The number of nitro groups is 3. The standard InChI is InChI=1S/C25H35N7O5.C23H33N7O4.C20H27N7O3.C2H3ClO.C2HF3O.2CH2Cl2.CH4/c1-16(33)29-19-9-5-18(6-10-19)14-27-23-28-15-21(32(35)36)22(31-23)26-13-17-7-11-20(12-8-17)30-24(34)37-25(2,3)4;1-23(2,3)34-22(31)28-18-10-6-16(7-11-18)12-25-20-19(30(32)33)14-27-21(29-20)26-13-15-4-8-17(24)9-5-15;1-13(28)25-17-8-4-15(5-9-17)11-23-20-24-12-18(27(29)30)19(26-20)22-10-14-2-6-16(21)7-3-14;1-2(3)4;3-2(4,5)1-6;2*2-1-3;/h5-6,9-10,15,17,20H,7-8,11-14H2,1-4H3,(H,29,33)(H,30,34)(H2,26,27,28,31);4-5,8-9,14,16,18H,6-7,10-13,24H2,1-3H3,(H,28,31)(H2,25,26,27,29);4-5,8-9,12,14,16H,2-3,6-7,10-11,21H2,1H3,(H,25,28)(H2,22,23,24,26);1H3;1H;2*1H2;1H4. The van der Waals surface area contributed by atoms with Crippen LogP contribution in [0.15, 0.2) is 91.4 Å². The lowest BCUT2D eigenvalue weighted by atomic mass is 9.86. The average molecular weight is 1760 g/mol. The molecule has 3 saturated carbocycles. The fourth-order valence-corrected chi connectivity index (χ4v) is 11.3. The van der Waals surface area contributed by atoms with Crippen LogP contribution in [-0.2, 0) is 48.3 Å². The summed E-state index contributed by atoms with van der Waals surface area (Å²) in [7, 11) is 0. The number of hydrogen-bond donors (Lipinski definition) is 12. The largest absolute Gasteiger partial charge is 0.446 e. The number of halogens is 8. The minimum absolute atomic E-state index is 0. The van der Waals surface area contributed by atoms with Gasteiger partial charge < -0.3 is 74.1 Å². The minimum Gasteiger partial charge on any atom is -0.444 e. The topological polar surface area (TPSA) is 500 Å². The van der Waals surface area contributed by atoms with Crippen LogP contribution in [0.3, 0.4) is 0 Å². The monoisotopic (exact) mass is 1760 g/mol. The van der Waals surface area contributed by atoms with Crippen molar-refractivity contribution in [2.75, 3.05) is 78.6 Å². The Kier molecular flexibility index (Phi) is 47.4. The molecule has 0 spiro atoms. The lowest BCUT2D eigenvalue weighted by Crippen LogP contribution is -2.41. The van der Waals surface area contributed by atoms with Crippen molar-refractivity contribution in [1.29, 1.82) is 0 Å². The van der Waals surface area contributed by atoms with Crippen molar-refractivity contribution in [2.24, 2.45) is 23.5 Å². The molecule has 118 heavy (non-hydrogen) atoms. The fraction of sp³-hybridized carbons (Fsp3) is 0.520. The second-order valence-electron chi connectivity index (χ2n) is 28.6. The molecule has 3 aromatic heterocycles. The first-order valence-electron chi connectivity index (χ1n) is 36.8. The summed E-state index contributed by atoms with van der Waals surface area (Å²) in [5.41, 5.74) is 15.0. The van der Waals surface area contributed by atoms with E-state index in [1.807, 2.05) is 77.9 Å². The highest BCUT2D eigenvalue weighted by Crippen LogP contribution is 2.32. The predicted octanol–water partition coefficient (Wildman–Crippen LogP) is 16.4. The predicted molar refractivity (Wildman–Crippen MR) is 455 cm³/mol. The van der Waals surface area contributed by atoms with Crippen LogP contribution < -0.4 is 64.6 Å². The summed E-state index contributed by atoms with van der Waals surface area (Å²) in [5.74, 6) is 2.21. The van der Waals surface area contributed by atoms with Gasteiger partial charge in [0, 0.05) is 95.2 Å². The molecular formula is C75H107Cl5F3N21O14. The Hall–Kier alpha value is -10.3. The summed E-state index contributed by atoms with van der Waals surface area (Å²) >= 11 is 23.7. The number of benzene rings is 3. The molecule has 6 aromatic rings. The first-order chi connectivity index (χ1) is 55.1. The number of carbonyl (C=O) groups is 6. The highest BCUT2D eigenvalue weighted by molar-refractivity contribution is 6.62. The van der Waals surface area contributed by atoms with Gasteiger partial charge in [-0.2, -0.15) is 28.1 Å². The van der Waals surface area contributed by atoms with Crippen molar-refractivity contribution in [3.05, 3.63) is 138 Å². The molecule has 0 atom stereocenters. The zero-order valence-corrected chi connectivity index (χ0v) is 70.0. The van der Waals surface area contributed by atoms with E-state index in [1.54, 1.807) is 36.4 Å². The summed E-state index contributed by atoms with van der Waals surface area (Å²) in [6, 6.07) is 22.4. The maximum atomic E-state index is 12.0. The highest BCUT2D eigenvalue weighted by atomic mass is 35.5. The molecule has 3 aliphatic carbocycles. The fourth-order valence-electron chi connectivity index (χ4n) is 11.3. The number of nitrogens with one attached hydrogen (secondary N) is 10. The number of rotatable bonds is 25. The van der Waals surface area contributed by atoms with E-state index in [4.69, 9.17) is 72.1 Å². The first kappa shape index (κ1) is 104. The molecule has 3 heterocycles. The third-order valence-electron chi connectivity index (χ3n) is 16.6. The Bertz CT molecular complexity index is 4080. The molecule has 14 N–H and O–H groups in total.